The average molecular weight is 813 g/mol. The van der Waals surface area contributed by atoms with Gasteiger partial charge in [0.25, 0.3) is 0 Å². The first-order chi connectivity index (χ1) is 22.9. The number of hydrogen-bond donors (Lipinski definition) is 0. The number of benzene rings is 4. The van der Waals surface area contributed by atoms with E-state index >= 15 is 0 Å². The minimum absolute atomic E-state index is 0. The second-order valence-electron chi connectivity index (χ2n) is 13.6. The number of anilines is 3. The van der Waals surface area contributed by atoms with Crippen LogP contribution in [0.5, 0.6) is 11.5 Å². The largest absolute Gasteiger partial charge is 2.00 e. The number of rotatable bonds is 6. The normalized spacial score (nSPS) is 18.2. The van der Waals surface area contributed by atoms with E-state index in [1.165, 1.54) is 43.2 Å². The fourth-order valence-corrected chi connectivity index (χ4v) is 7.53. The van der Waals surface area contributed by atoms with E-state index < -0.39 is 0 Å². The average Bonchev–Trinajstić information content (AvgIpc) is 3.60. The number of aliphatic imine (C=N–C) groups is 1. The summed E-state index contributed by atoms with van der Waals surface area (Å²) in [5, 5.41) is 0. The molecule has 1 saturated carbocycles. The molecular weight excluding hydrogens is 774 g/mol. The van der Waals surface area contributed by atoms with Gasteiger partial charge < -0.3 is 14.4 Å². The summed E-state index contributed by atoms with van der Waals surface area (Å²) in [6, 6.07) is 38.8. The van der Waals surface area contributed by atoms with Crippen LogP contribution >= 0.6 is 0 Å². The summed E-state index contributed by atoms with van der Waals surface area (Å²) < 4.78 is 12.9. The summed E-state index contributed by atoms with van der Waals surface area (Å²) >= 11 is 0. The molecule has 4 aromatic carbocycles. The maximum atomic E-state index is 6.64. The molecule has 48 heavy (non-hydrogen) atoms. The molecule has 0 radical (unpaired) electrons. The number of nitrogens with zero attached hydrogens (tertiary/aromatic N) is 3. The molecule has 1 aliphatic carbocycles. The van der Waals surface area contributed by atoms with Crippen molar-refractivity contribution in [2.45, 2.75) is 64.3 Å². The summed E-state index contributed by atoms with van der Waals surface area (Å²) in [6.07, 6.45) is 8.24. The van der Waals surface area contributed by atoms with E-state index in [-0.39, 0.29) is 32.5 Å². The molecule has 0 unspecified atom stereocenters. The molecule has 1 aromatic heterocycles. The molecule has 0 N–H and O–H groups in total. The van der Waals surface area contributed by atoms with Gasteiger partial charge in [-0.2, -0.15) is 5.56 Å². The van der Waals surface area contributed by atoms with Crippen LogP contribution in [0.3, 0.4) is 0 Å². The van der Waals surface area contributed by atoms with Gasteiger partial charge in [-0.05, 0) is 42.0 Å². The first-order valence-corrected chi connectivity index (χ1v) is 16.8. The second-order valence-corrected chi connectivity index (χ2v) is 13.6. The van der Waals surface area contributed by atoms with Crippen LogP contribution in [-0.2, 0) is 31.2 Å². The van der Waals surface area contributed by atoms with Crippen LogP contribution in [0.15, 0.2) is 102 Å². The van der Waals surface area contributed by atoms with E-state index in [1.54, 1.807) is 0 Å². The Balaban J connectivity index is 0.00000364. The van der Waals surface area contributed by atoms with Crippen LogP contribution in [0, 0.1) is 25.0 Å². The second kappa shape index (κ2) is 13.4. The maximum absolute atomic E-state index is 6.64. The van der Waals surface area contributed by atoms with Crippen molar-refractivity contribution in [2.75, 3.05) is 11.5 Å². The van der Waals surface area contributed by atoms with Gasteiger partial charge in [-0.25, -0.2) is 4.98 Å². The third kappa shape index (κ3) is 6.10. The summed E-state index contributed by atoms with van der Waals surface area (Å²) in [6.45, 7) is 7.26. The molecule has 2 aliphatic heterocycles. The first kappa shape index (κ1) is 32.3. The van der Waals surface area contributed by atoms with Gasteiger partial charge in [-0.1, -0.05) is 124 Å². The maximum Gasteiger partial charge on any atom is 2.00 e. The molecule has 0 bridgehead atoms. The van der Waals surface area contributed by atoms with E-state index in [9.17, 15) is 0 Å². The Morgan fingerprint density at radius 3 is 2.40 bits per heavy atom. The van der Waals surface area contributed by atoms with Gasteiger partial charge in [-0.15, -0.1) is 24.3 Å². The Morgan fingerprint density at radius 1 is 0.812 bits per heavy atom. The number of para-hydroxylation sites is 1. The number of pyridine rings is 1. The van der Waals surface area contributed by atoms with Crippen LogP contribution in [0.25, 0.3) is 11.1 Å². The molecule has 0 saturated heterocycles. The molecule has 1 atom stereocenters. The zero-order chi connectivity index (χ0) is 32.0. The summed E-state index contributed by atoms with van der Waals surface area (Å²) in [5.74, 6) is 3.38. The van der Waals surface area contributed by atoms with Crippen molar-refractivity contribution in [1.29, 1.82) is 0 Å². The zero-order valence-electron chi connectivity index (χ0n) is 27.6. The Kier molecular flexibility index (Phi) is 9.00. The molecule has 0 spiro atoms. The minimum atomic E-state index is -0.190. The molecule has 0 amide bonds. The van der Waals surface area contributed by atoms with Crippen molar-refractivity contribution >= 4 is 23.1 Å². The Hall–Kier alpha value is -4.21. The van der Waals surface area contributed by atoms with Gasteiger partial charge in [0, 0.05) is 34.4 Å². The molecule has 6 heteroatoms. The number of hydrogen-bond acceptors (Lipinski definition) is 5. The van der Waals surface area contributed by atoms with E-state index in [2.05, 4.69) is 105 Å². The minimum Gasteiger partial charge on any atom is -0.518 e. The number of ether oxygens (including phenoxy) is 2. The standard InChI is InChI=1S/C42H39N3O2.Pt/c1-28-21-33(45-39-19-11-10-17-36(39)42(2,3)37-18-12-20-43-40(37)45)26-34(22-28)47-35-24-31(29-13-6-4-7-14-29)23-32(25-35)41-44-38(27-46-41)30-15-8-5-9-16-30;/h4,6-7,10-14,17-24,30,38H,5,8-9,15-16,27H2,1-3H3;/q-2;+2/t38-;/m0./s1. The van der Waals surface area contributed by atoms with Crippen LogP contribution in [0.2, 0.25) is 0 Å². The fraction of sp³-hybridized carbons (Fsp3) is 0.286. The van der Waals surface area contributed by atoms with E-state index in [0.717, 1.165) is 39.4 Å². The third-order valence-electron chi connectivity index (χ3n) is 9.98. The van der Waals surface area contributed by atoms with Crippen molar-refractivity contribution in [3.63, 3.8) is 0 Å². The Labute approximate surface area is 298 Å². The summed E-state index contributed by atoms with van der Waals surface area (Å²) in [5.41, 5.74) is 8.21. The van der Waals surface area contributed by atoms with Crippen molar-refractivity contribution in [3.8, 4) is 22.6 Å². The molecule has 1 fully saturated rings. The smallest absolute Gasteiger partial charge is 0.518 e. The predicted octanol–water partition coefficient (Wildman–Crippen LogP) is 10.3. The molecule has 8 rings (SSSR count). The third-order valence-corrected chi connectivity index (χ3v) is 9.98. The Bertz CT molecular complexity index is 1920. The SMILES string of the molecule is Cc1cc(Oc2[c-]c(C3=N[C@H](C4CCCCC4)CO3)cc(-c3ccccc3)c2)[c-]c(N2c3ccccc3C(C)(C)c3cccnc32)c1.[Pt+2]. The zero-order valence-corrected chi connectivity index (χ0v) is 29.9. The van der Waals surface area contributed by atoms with Crippen LogP contribution in [-0.4, -0.2) is 23.5 Å². The Morgan fingerprint density at radius 2 is 1.56 bits per heavy atom. The van der Waals surface area contributed by atoms with Crippen molar-refractivity contribution in [1.82, 2.24) is 4.98 Å². The summed E-state index contributed by atoms with van der Waals surface area (Å²) in [4.78, 5) is 12.2. The molecule has 244 valence electrons. The van der Waals surface area contributed by atoms with Crippen LogP contribution in [0.4, 0.5) is 17.2 Å². The summed E-state index contributed by atoms with van der Waals surface area (Å²) in [7, 11) is 0. The van der Waals surface area contributed by atoms with Crippen LogP contribution < -0.4 is 9.64 Å². The van der Waals surface area contributed by atoms with Crippen molar-refractivity contribution in [3.05, 3.63) is 132 Å². The molecular formula is C42H39N3O2Pt. The number of aromatic nitrogens is 1. The molecule has 3 aliphatic rings. The van der Waals surface area contributed by atoms with Crippen molar-refractivity contribution in [2.24, 2.45) is 10.9 Å². The quantitative estimate of drug-likeness (QED) is 0.160. The van der Waals surface area contributed by atoms with Gasteiger partial charge >= 0.3 is 21.1 Å². The van der Waals surface area contributed by atoms with E-state index in [1.807, 2.05) is 30.5 Å². The van der Waals surface area contributed by atoms with Crippen molar-refractivity contribution < 1.29 is 30.5 Å². The molecule has 5 aromatic rings. The molecule has 5 nitrogen and oxygen atoms in total. The number of fused-ring (bicyclic) bond motifs is 2. The molecule has 3 heterocycles. The van der Waals surface area contributed by atoms with Crippen LogP contribution in [0.1, 0.15) is 68.2 Å². The monoisotopic (exact) mass is 812 g/mol. The topological polar surface area (TPSA) is 47.0 Å². The van der Waals surface area contributed by atoms with Gasteiger partial charge in [0.05, 0.1) is 12.6 Å². The predicted molar refractivity (Wildman–Crippen MR) is 188 cm³/mol. The number of aryl methyl sites for hydroxylation is 1. The van der Waals surface area contributed by atoms with E-state index in [0.29, 0.717) is 29.9 Å². The first-order valence-electron chi connectivity index (χ1n) is 16.8. The van der Waals surface area contributed by atoms with E-state index in [4.69, 9.17) is 19.5 Å². The van der Waals surface area contributed by atoms with Gasteiger partial charge in [0.15, 0.2) is 0 Å². The van der Waals surface area contributed by atoms with Gasteiger partial charge in [0.1, 0.15) is 11.7 Å². The van der Waals surface area contributed by atoms with Gasteiger partial charge in [-0.3, -0.25) is 4.99 Å². The van der Waals surface area contributed by atoms with Gasteiger partial charge in [0.2, 0.25) is 0 Å². The fourth-order valence-electron chi connectivity index (χ4n) is 7.53.